The number of piperidine rings is 1. The van der Waals surface area contributed by atoms with Crippen molar-refractivity contribution in [2.75, 3.05) is 6.54 Å². The summed E-state index contributed by atoms with van der Waals surface area (Å²) in [6.45, 7) is 5.06. The van der Waals surface area contributed by atoms with Crippen molar-refractivity contribution in [3.05, 3.63) is 23.8 Å². The third-order valence-electron chi connectivity index (χ3n) is 3.94. The van der Waals surface area contributed by atoms with E-state index in [1.807, 2.05) is 6.92 Å². The monoisotopic (exact) mass is 250 g/mol. The molecule has 1 aliphatic rings. The van der Waals surface area contributed by atoms with E-state index in [1.165, 1.54) is 0 Å². The van der Waals surface area contributed by atoms with Gasteiger partial charge in [-0.05, 0) is 38.8 Å². The standard InChI is InChI=1S/C14H22N2O2/c1-9-8-11(15)6-7-16(9)10(2)14-12(17)4-3-5-13(14)18/h3-5,9-11,17-18H,6-8,15H2,1-2H3. The Morgan fingerprint density at radius 2 is 1.94 bits per heavy atom. The van der Waals surface area contributed by atoms with Gasteiger partial charge in [-0.25, -0.2) is 0 Å². The summed E-state index contributed by atoms with van der Waals surface area (Å²) in [5.41, 5.74) is 6.57. The van der Waals surface area contributed by atoms with Gasteiger partial charge in [0.25, 0.3) is 0 Å². The summed E-state index contributed by atoms with van der Waals surface area (Å²) in [5.74, 6) is 0.314. The van der Waals surface area contributed by atoms with Crippen molar-refractivity contribution in [3.8, 4) is 11.5 Å². The highest BCUT2D eigenvalue weighted by Crippen LogP contribution is 2.37. The SMILES string of the molecule is CC1CC(N)CCN1C(C)c1c(O)cccc1O. The van der Waals surface area contributed by atoms with Gasteiger partial charge in [0.2, 0.25) is 0 Å². The summed E-state index contributed by atoms with van der Waals surface area (Å²) in [6.07, 6.45) is 1.92. The van der Waals surface area contributed by atoms with Gasteiger partial charge in [-0.3, -0.25) is 4.90 Å². The van der Waals surface area contributed by atoms with Crippen LogP contribution in [0.5, 0.6) is 11.5 Å². The van der Waals surface area contributed by atoms with Crippen LogP contribution in [0.2, 0.25) is 0 Å². The van der Waals surface area contributed by atoms with Crippen LogP contribution in [0, 0.1) is 0 Å². The Labute approximate surface area is 108 Å². The van der Waals surface area contributed by atoms with Crippen LogP contribution < -0.4 is 5.73 Å². The fourth-order valence-corrected chi connectivity index (χ4v) is 2.94. The largest absolute Gasteiger partial charge is 0.507 e. The summed E-state index contributed by atoms with van der Waals surface area (Å²) in [5, 5.41) is 19.8. The Morgan fingerprint density at radius 3 is 2.50 bits per heavy atom. The summed E-state index contributed by atoms with van der Waals surface area (Å²) < 4.78 is 0. The topological polar surface area (TPSA) is 69.7 Å². The van der Waals surface area contributed by atoms with Crippen molar-refractivity contribution >= 4 is 0 Å². The van der Waals surface area contributed by atoms with Crippen molar-refractivity contribution in [2.24, 2.45) is 5.73 Å². The highest BCUT2D eigenvalue weighted by atomic mass is 16.3. The van der Waals surface area contributed by atoms with Gasteiger partial charge in [0.1, 0.15) is 11.5 Å². The smallest absolute Gasteiger partial charge is 0.124 e. The lowest BCUT2D eigenvalue weighted by Crippen LogP contribution is -2.46. The van der Waals surface area contributed by atoms with Crippen LogP contribution in [0.25, 0.3) is 0 Å². The molecule has 18 heavy (non-hydrogen) atoms. The fourth-order valence-electron chi connectivity index (χ4n) is 2.94. The summed E-state index contributed by atoms with van der Waals surface area (Å²) in [6, 6.07) is 5.51. The zero-order chi connectivity index (χ0) is 13.3. The Morgan fingerprint density at radius 1 is 1.33 bits per heavy atom. The van der Waals surface area contributed by atoms with E-state index in [1.54, 1.807) is 18.2 Å². The molecule has 1 aromatic rings. The molecule has 1 heterocycles. The van der Waals surface area contributed by atoms with Gasteiger partial charge in [0.15, 0.2) is 0 Å². The molecule has 1 aromatic carbocycles. The van der Waals surface area contributed by atoms with Crippen LogP contribution >= 0.6 is 0 Å². The molecule has 0 bridgehead atoms. The van der Waals surface area contributed by atoms with Gasteiger partial charge in [-0.15, -0.1) is 0 Å². The molecule has 100 valence electrons. The van der Waals surface area contributed by atoms with Crippen molar-refractivity contribution in [3.63, 3.8) is 0 Å². The lowest BCUT2D eigenvalue weighted by molar-refractivity contribution is 0.101. The van der Waals surface area contributed by atoms with E-state index in [2.05, 4.69) is 11.8 Å². The summed E-state index contributed by atoms with van der Waals surface area (Å²) in [4.78, 5) is 2.29. The molecule has 3 atom stereocenters. The number of benzene rings is 1. The van der Waals surface area contributed by atoms with Gasteiger partial charge in [0, 0.05) is 24.7 Å². The van der Waals surface area contributed by atoms with Gasteiger partial charge >= 0.3 is 0 Å². The maximum atomic E-state index is 9.92. The predicted molar refractivity (Wildman–Crippen MR) is 71.6 cm³/mol. The summed E-state index contributed by atoms with van der Waals surface area (Å²) in [7, 11) is 0. The Balaban J connectivity index is 2.23. The number of rotatable bonds is 2. The first-order chi connectivity index (χ1) is 8.50. The molecule has 4 heteroatoms. The third-order valence-corrected chi connectivity index (χ3v) is 3.94. The average molecular weight is 250 g/mol. The number of nitrogens with zero attached hydrogens (tertiary/aromatic N) is 1. The highest BCUT2D eigenvalue weighted by molar-refractivity contribution is 5.45. The zero-order valence-electron chi connectivity index (χ0n) is 11.0. The minimum absolute atomic E-state index is 0.00583. The van der Waals surface area contributed by atoms with Crippen LogP contribution in [0.15, 0.2) is 18.2 Å². The molecule has 1 saturated heterocycles. The molecule has 0 aliphatic carbocycles. The molecule has 4 nitrogen and oxygen atoms in total. The van der Waals surface area contributed by atoms with Crippen LogP contribution in [0.1, 0.15) is 38.3 Å². The molecule has 0 amide bonds. The first-order valence-electron chi connectivity index (χ1n) is 6.53. The Bertz CT molecular complexity index is 402. The molecule has 0 aromatic heterocycles. The molecule has 1 aliphatic heterocycles. The van der Waals surface area contributed by atoms with E-state index >= 15 is 0 Å². The van der Waals surface area contributed by atoms with Crippen molar-refractivity contribution in [1.29, 1.82) is 0 Å². The number of hydrogen-bond donors (Lipinski definition) is 3. The molecule has 2 rings (SSSR count). The maximum Gasteiger partial charge on any atom is 0.124 e. The van der Waals surface area contributed by atoms with E-state index in [4.69, 9.17) is 5.73 Å². The molecule has 0 saturated carbocycles. The second-order valence-corrected chi connectivity index (χ2v) is 5.26. The van der Waals surface area contributed by atoms with Crippen molar-refractivity contribution in [2.45, 2.75) is 44.8 Å². The molecule has 4 N–H and O–H groups in total. The van der Waals surface area contributed by atoms with E-state index < -0.39 is 0 Å². The zero-order valence-corrected chi connectivity index (χ0v) is 11.0. The summed E-state index contributed by atoms with van der Waals surface area (Å²) >= 11 is 0. The molecule has 1 fully saturated rings. The van der Waals surface area contributed by atoms with Crippen LogP contribution in [0.3, 0.4) is 0 Å². The minimum Gasteiger partial charge on any atom is -0.507 e. The van der Waals surface area contributed by atoms with Crippen molar-refractivity contribution in [1.82, 2.24) is 4.90 Å². The first-order valence-corrected chi connectivity index (χ1v) is 6.53. The van der Waals surface area contributed by atoms with Crippen LogP contribution in [-0.2, 0) is 0 Å². The van der Waals surface area contributed by atoms with Gasteiger partial charge in [-0.2, -0.15) is 0 Å². The van der Waals surface area contributed by atoms with E-state index in [9.17, 15) is 10.2 Å². The predicted octanol–water partition coefficient (Wildman–Crippen LogP) is 1.97. The number of hydrogen-bond acceptors (Lipinski definition) is 4. The Hall–Kier alpha value is -1.26. The number of phenolic OH excluding ortho intramolecular Hbond substituents is 2. The molecular weight excluding hydrogens is 228 g/mol. The molecule has 0 radical (unpaired) electrons. The second kappa shape index (κ2) is 5.16. The van der Waals surface area contributed by atoms with E-state index in [-0.39, 0.29) is 23.6 Å². The molecule has 0 spiro atoms. The highest BCUT2D eigenvalue weighted by Gasteiger charge is 2.29. The maximum absolute atomic E-state index is 9.92. The second-order valence-electron chi connectivity index (χ2n) is 5.26. The normalized spacial score (nSPS) is 27.1. The van der Waals surface area contributed by atoms with Crippen LogP contribution in [0.4, 0.5) is 0 Å². The first kappa shape index (κ1) is 13.2. The molecular formula is C14H22N2O2. The third kappa shape index (κ3) is 2.44. The number of phenols is 2. The minimum atomic E-state index is -0.00583. The average Bonchev–Trinajstić information content (AvgIpc) is 2.28. The van der Waals surface area contributed by atoms with Gasteiger partial charge < -0.3 is 15.9 Å². The fraction of sp³-hybridized carbons (Fsp3) is 0.571. The van der Waals surface area contributed by atoms with Crippen LogP contribution in [-0.4, -0.2) is 33.7 Å². The lowest BCUT2D eigenvalue weighted by atomic mass is 9.94. The van der Waals surface area contributed by atoms with Gasteiger partial charge in [0.05, 0.1) is 5.56 Å². The quantitative estimate of drug-likeness (QED) is 0.750. The van der Waals surface area contributed by atoms with Crippen molar-refractivity contribution < 1.29 is 10.2 Å². The van der Waals surface area contributed by atoms with E-state index in [0.29, 0.717) is 11.6 Å². The van der Waals surface area contributed by atoms with Gasteiger partial charge in [-0.1, -0.05) is 6.07 Å². The lowest BCUT2D eigenvalue weighted by Gasteiger charge is -2.40. The number of nitrogens with two attached hydrogens (primary N) is 1. The van der Waals surface area contributed by atoms with E-state index in [0.717, 1.165) is 19.4 Å². The number of aromatic hydroxyl groups is 2. The Kier molecular flexibility index (Phi) is 3.78. The number of likely N-dealkylation sites (tertiary alicyclic amines) is 1. The molecule has 3 unspecified atom stereocenters.